The second-order valence-corrected chi connectivity index (χ2v) is 10.2. The van der Waals surface area contributed by atoms with E-state index in [1.807, 2.05) is 78.9 Å². The minimum atomic E-state index is -3.52. The molecule has 0 aromatic heterocycles. The standard InChI is InChI=1S/C28H29N3O3S/c29-21-24-8-10-26(11-9-24)27-12-14-28(15-13-27)34-19-4-7-25-16-18-31(22-25)30-35(32,33)20-17-23-5-2-1-3-6-23/h1-3,5-6,8-15,17,20,25,30H,4,7,16,18-19,22H2/t25-/m1/s1. The highest BCUT2D eigenvalue weighted by Crippen LogP contribution is 2.24. The predicted octanol–water partition coefficient (Wildman–Crippen LogP) is 5.21. The first-order valence-corrected chi connectivity index (χ1v) is 13.3. The fourth-order valence-electron chi connectivity index (χ4n) is 4.14. The Bertz CT molecular complexity index is 1270. The quantitative estimate of drug-likeness (QED) is 0.397. The zero-order valence-electron chi connectivity index (χ0n) is 19.5. The lowest BCUT2D eigenvalue weighted by Crippen LogP contribution is -2.39. The van der Waals surface area contributed by atoms with Gasteiger partial charge in [-0.2, -0.15) is 5.26 Å². The van der Waals surface area contributed by atoms with Gasteiger partial charge < -0.3 is 4.74 Å². The van der Waals surface area contributed by atoms with Gasteiger partial charge in [0.2, 0.25) is 10.0 Å². The van der Waals surface area contributed by atoms with Gasteiger partial charge in [0.1, 0.15) is 5.75 Å². The molecule has 0 unspecified atom stereocenters. The van der Waals surface area contributed by atoms with Crippen molar-refractivity contribution in [1.29, 1.82) is 5.26 Å². The van der Waals surface area contributed by atoms with E-state index in [-0.39, 0.29) is 0 Å². The Hall–Kier alpha value is -3.44. The normalized spacial score (nSPS) is 16.4. The molecule has 1 aliphatic heterocycles. The van der Waals surface area contributed by atoms with E-state index in [1.165, 1.54) is 5.41 Å². The summed E-state index contributed by atoms with van der Waals surface area (Å²) < 4.78 is 30.6. The van der Waals surface area contributed by atoms with Crippen LogP contribution >= 0.6 is 0 Å². The Morgan fingerprint density at radius 3 is 2.37 bits per heavy atom. The molecule has 1 fully saturated rings. The SMILES string of the molecule is N#Cc1ccc(-c2ccc(OCCC[C@@H]3CCN(NS(=O)(=O)C=Cc4ccccc4)C3)cc2)cc1. The lowest BCUT2D eigenvalue weighted by molar-refractivity contribution is 0.270. The van der Waals surface area contributed by atoms with Crippen LogP contribution in [0.1, 0.15) is 30.4 Å². The number of hydrogen-bond acceptors (Lipinski definition) is 5. The van der Waals surface area contributed by atoms with E-state index in [0.717, 1.165) is 41.7 Å². The van der Waals surface area contributed by atoms with Gasteiger partial charge >= 0.3 is 0 Å². The summed E-state index contributed by atoms with van der Waals surface area (Å²) in [6.07, 6.45) is 4.46. The summed E-state index contributed by atoms with van der Waals surface area (Å²) in [5.41, 5.74) is 3.64. The van der Waals surface area contributed by atoms with Crippen molar-refractivity contribution < 1.29 is 13.2 Å². The number of sulfonamides is 1. The number of ether oxygens (including phenoxy) is 1. The summed E-state index contributed by atoms with van der Waals surface area (Å²) in [4.78, 5) is 2.67. The first-order chi connectivity index (χ1) is 17.0. The molecular weight excluding hydrogens is 458 g/mol. The molecule has 4 rings (SSSR count). The van der Waals surface area contributed by atoms with Gasteiger partial charge in [0.25, 0.3) is 0 Å². The zero-order chi connectivity index (χ0) is 24.5. The Labute approximate surface area is 207 Å². The van der Waals surface area contributed by atoms with Gasteiger partial charge in [-0.25, -0.2) is 13.4 Å². The van der Waals surface area contributed by atoms with Crippen LogP contribution in [0.5, 0.6) is 5.75 Å². The van der Waals surface area contributed by atoms with Crippen LogP contribution in [0.4, 0.5) is 0 Å². The number of rotatable bonds is 10. The van der Waals surface area contributed by atoms with Crippen molar-refractivity contribution in [2.75, 3.05) is 19.7 Å². The van der Waals surface area contributed by atoms with E-state index in [0.29, 0.717) is 31.2 Å². The number of benzene rings is 3. The summed E-state index contributed by atoms with van der Waals surface area (Å²) in [6, 6.07) is 27.0. The molecule has 0 spiro atoms. The molecule has 1 saturated heterocycles. The summed E-state index contributed by atoms with van der Waals surface area (Å²) in [5.74, 6) is 1.27. The molecule has 0 amide bonds. The highest BCUT2D eigenvalue weighted by Gasteiger charge is 2.24. The van der Waals surface area contributed by atoms with Crippen LogP contribution in [0.2, 0.25) is 0 Å². The lowest BCUT2D eigenvalue weighted by Gasteiger charge is -2.16. The zero-order valence-corrected chi connectivity index (χ0v) is 20.3. The van der Waals surface area contributed by atoms with E-state index in [1.54, 1.807) is 11.1 Å². The maximum absolute atomic E-state index is 12.4. The van der Waals surface area contributed by atoms with Gasteiger partial charge in [-0.05, 0) is 72.2 Å². The molecule has 1 atom stereocenters. The van der Waals surface area contributed by atoms with Crippen LogP contribution in [0, 0.1) is 17.2 Å². The van der Waals surface area contributed by atoms with Crippen LogP contribution in [-0.2, 0) is 10.0 Å². The molecule has 0 aliphatic carbocycles. The van der Waals surface area contributed by atoms with Crippen molar-refractivity contribution in [2.45, 2.75) is 19.3 Å². The topological polar surface area (TPSA) is 82.4 Å². The van der Waals surface area contributed by atoms with Crippen molar-refractivity contribution in [3.05, 3.63) is 95.4 Å². The molecule has 7 heteroatoms. The molecule has 3 aromatic carbocycles. The molecule has 35 heavy (non-hydrogen) atoms. The number of nitrogens with one attached hydrogen (secondary N) is 1. The Balaban J connectivity index is 1.17. The van der Waals surface area contributed by atoms with E-state index < -0.39 is 10.0 Å². The van der Waals surface area contributed by atoms with E-state index >= 15 is 0 Å². The fourth-order valence-corrected chi connectivity index (χ4v) is 5.06. The van der Waals surface area contributed by atoms with Crippen LogP contribution in [-0.4, -0.2) is 33.1 Å². The van der Waals surface area contributed by atoms with Gasteiger partial charge in [-0.1, -0.05) is 54.6 Å². The summed E-state index contributed by atoms with van der Waals surface area (Å²) in [5, 5.41) is 11.9. The van der Waals surface area contributed by atoms with Crippen LogP contribution in [0.15, 0.2) is 84.3 Å². The Kier molecular flexibility index (Phi) is 8.32. The molecule has 0 saturated carbocycles. The molecule has 3 aromatic rings. The third kappa shape index (κ3) is 7.52. The van der Waals surface area contributed by atoms with Crippen molar-refractivity contribution in [1.82, 2.24) is 9.84 Å². The minimum absolute atomic E-state index is 0.443. The number of nitriles is 1. The van der Waals surface area contributed by atoms with Crippen molar-refractivity contribution >= 4 is 16.1 Å². The van der Waals surface area contributed by atoms with E-state index in [4.69, 9.17) is 10.00 Å². The molecule has 0 bridgehead atoms. The van der Waals surface area contributed by atoms with Crippen LogP contribution < -0.4 is 9.57 Å². The van der Waals surface area contributed by atoms with Crippen molar-refractivity contribution in [3.8, 4) is 22.9 Å². The Morgan fingerprint density at radius 1 is 1.00 bits per heavy atom. The molecule has 1 heterocycles. The van der Waals surface area contributed by atoms with Gasteiger partial charge in [-0.15, -0.1) is 4.83 Å². The summed E-state index contributed by atoms with van der Waals surface area (Å²) in [6.45, 7) is 2.04. The maximum Gasteiger partial charge on any atom is 0.246 e. The largest absolute Gasteiger partial charge is 0.494 e. The monoisotopic (exact) mass is 487 g/mol. The predicted molar refractivity (Wildman–Crippen MR) is 139 cm³/mol. The molecule has 180 valence electrons. The smallest absolute Gasteiger partial charge is 0.246 e. The molecule has 6 nitrogen and oxygen atoms in total. The fraction of sp³-hybridized carbons (Fsp3) is 0.250. The number of nitrogens with zero attached hydrogens (tertiary/aromatic N) is 2. The molecule has 1 aliphatic rings. The van der Waals surface area contributed by atoms with Gasteiger partial charge in [0.05, 0.1) is 18.2 Å². The van der Waals surface area contributed by atoms with E-state index in [9.17, 15) is 8.42 Å². The van der Waals surface area contributed by atoms with Crippen molar-refractivity contribution in [3.63, 3.8) is 0 Å². The van der Waals surface area contributed by atoms with E-state index in [2.05, 4.69) is 10.9 Å². The third-order valence-electron chi connectivity index (χ3n) is 6.01. The Morgan fingerprint density at radius 2 is 1.69 bits per heavy atom. The minimum Gasteiger partial charge on any atom is -0.494 e. The third-order valence-corrected chi connectivity index (χ3v) is 7.02. The second-order valence-electron chi connectivity index (χ2n) is 8.65. The summed E-state index contributed by atoms with van der Waals surface area (Å²) >= 11 is 0. The van der Waals surface area contributed by atoms with Crippen molar-refractivity contribution in [2.24, 2.45) is 5.92 Å². The number of hydrogen-bond donors (Lipinski definition) is 1. The average molecular weight is 488 g/mol. The number of hydrazine groups is 1. The highest BCUT2D eigenvalue weighted by atomic mass is 32.2. The highest BCUT2D eigenvalue weighted by molar-refractivity contribution is 7.92. The molecule has 1 N–H and O–H groups in total. The van der Waals surface area contributed by atoms with Gasteiger partial charge in [0.15, 0.2) is 0 Å². The lowest BCUT2D eigenvalue weighted by atomic mass is 10.0. The maximum atomic E-state index is 12.4. The summed E-state index contributed by atoms with van der Waals surface area (Å²) in [7, 11) is -3.52. The van der Waals surface area contributed by atoms with Crippen LogP contribution in [0.3, 0.4) is 0 Å². The first kappa shape index (κ1) is 24.7. The first-order valence-electron chi connectivity index (χ1n) is 11.7. The average Bonchev–Trinajstić information content (AvgIpc) is 3.33. The van der Waals surface area contributed by atoms with Crippen LogP contribution in [0.25, 0.3) is 17.2 Å². The molecular formula is C28H29N3O3S. The van der Waals surface area contributed by atoms with Gasteiger partial charge in [0, 0.05) is 18.5 Å². The molecule has 0 radical (unpaired) electrons. The second kappa shape index (κ2) is 11.8. The van der Waals surface area contributed by atoms with Gasteiger partial charge in [-0.3, -0.25) is 0 Å².